The Kier molecular flexibility index (Phi) is 33.7. The molecule has 2 saturated heterocycles. The van der Waals surface area contributed by atoms with E-state index in [0.29, 0.717) is 78.8 Å². The molecule has 2 heterocycles. The molecule has 8 saturated carbocycles. The first-order valence-electron chi connectivity index (χ1n) is 43.4. The van der Waals surface area contributed by atoms with Crippen LogP contribution in [0.2, 0.25) is 0 Å². The number of alkyl halides is 12. The molecule has 18 rings (SSSR count). The van der Waals surface area contributed by atoms with Crippen molar-refractivity contribution in [2.75, 3.05) is 59.3 Å². The third-order valence-electron chi connectivity index (χ3n) is 24.5. The summed E-state index contributed by atoms with van der Waals surface area (Å²) in [6.45, 7) is 15.4. The molecule has 6 unspecified atom stereocenters. The Morgan fingerprint density at radius 3 is 0.867 bits per heavy atom. The number of nitrogens with one attached hydrogen (secondary N) is 1. The maximum Gasteiger partial charge on any atom is 0.377 e. The fraction of sp³-hybridized carbons (Fsp3) is 0.490. The second kappa shape index (κ2) is 43.0. The number of rotatable bonds is 27. The first-order valence-corrected chi connectivity index (χ1v) is 45.8. The second-order valence-electron chi connectivity index (χ2n) is 33.8. The van der Waals surface area contributed by atoms with Gasteiger partial charge in [0.2, 0.25) is 0 Å². The number of hydrogen-bond donors (Lipinski definition) is 1. The lowest BCUT2D eigenvalue weighted by atomic mass is 9.51. The highest BCUT2D eigenvalue weighted by molar-refractivity contribution is 7.97. The van der Waals surface area contributed by atoms with E-state index >= 15 is 0 Å². The summed E-state index contributed by atoms with van der Waals surface area (Å²) in [6, 6.07) is 75.4. The Bertz CT molecular complexity index is 4330. The van der Waals surface area contributed by atoms with Crippen LogP contribution in [-0.2, 0) is 82.5 Å². The molecule has 0 aromatic heterocycles. The fourth-order valence-electron chi connectivity index (χ4n) is 18.5. The van der Waals surface area contributed by atoms with Gasteiger partial charge in [0.1, 0.15) is 73.8 Å². The molecule has 8 bridgehead atoms. The molecule has 30 heteroatoms. The molecule has 8 aromatic rings. The standard InChI is InChI=1S/2C29H29O3S.2C17H20F6O4.C6H15N.ClH/c2*1-3-30-23(2)32-26-16-14-24(15-17-26)22-31-25-18-20-29(21-19-25)33(27-10-6-4-7-11-27)28-12-8-5-9-13-28;2*1-13(18,19)12(24)27-14-4-9-2-10(5-14)17(11(3-9)6-14)25-7-15(20,21)16(22,23)8-26-17;1-4-7(5-2)6-3;/h2*4-21,23H,3,22H2,1-2H3;2*9-11H,2-8H2,1H3;4-6H2,1-3H3;1H/q2*+1;;;;. The summed E-state index contributed by atoms with van der Waals surface area (Å²) in [5.41, 5.74) is -0.127. The van der Waals surface area contributed by atoms with Gasteiger partial charge in [0.25, 0.3) is 0 Å². The Morgan fingerprint density at radius 2 is 0.633 bits per heavy atom. The number of benzene rings is 8. The maximum atomic E-state index is 13.7. The highest BCUT2D eigenvalue weighted by Crippen LogP contribution is 2.66. The van der Waals surface area contributed by atoms with Gasteiger partial charge in [0.05, 0.1) is 41.4 Å². The van der Waals surface area contributed by atoms with Gasteiger partial charge in [-0.2, -0.15) is 52.7 Å². The minimum atomic E-state index is -4.36. The van der Waals surface area contributed by atoms with Crippen LogP contribution in [0.15, 0.2) is 248 Å². The molecule has 696 valence electrons. The third-order valence-corrected chi connectivity index (χ3v) is 28.9. The summed E-state index contributed by atoms with van der Waals surface area (Å²) >= 11 is 0. The molecule has 8 aromatic carbocycles. The van der Waals surface area contributed by atoms with E-state index < -0.39 is 120 Å². The van der Waals surface area contributed by atoms with Crippen LogP contribution in [0.5, 0.6) is 23.0 Å². The molecule has 2 aliphatic heterocycles. The fourth-order valence-corrected chi connectivity index (χ4v) is 22.7. The van der Waals surface area contributed by atoms with Crippen LogP contribution in [0, 0.1) is 35.5 Å². The van der Waals surface area contributed by atoms with Crippen molar-refractivity contribution in [3.05, 3.63) is 230 Å². The Hall–Kier alpha value is -8.23. The van der Waals surface area contributed by atoms with Crippen LogP contribution in [0.4, 0.5) is 52.7 Å². The summed E-state index contributed by atoms with van der Waals surface area (Å²) < 4.78 is 229. The van der Waals surface area contributed by atoms with Crippen molar-refractivity contribution in [3.63, 3.8) is 0 Å². The van der Waals surface area contributed by atoms with Crippen LogP contribution in [0.25, 0.3) is 0 Å². The van der Waals surface area contributed by atoms with Crippen LogP contribution < -0.4 is 36.3 Å². The first kappa shape index (κ1) is 100. The van der Waals surface area contributed by atoms with Gasteiger partial charge in [-0.05, 0) is 257 Å². The minimum Gasteiger partial charge on any atom is -1.00 e. The van der Waals surface area contributed by atoms with Gasteiger partial charge < -0.3 is 74.1 Å². The molecular formula is C98H114ClF12NO14S2+2. The van der Waals surface area contributed by atoms with E-state index in [9.17, 15) is 62.3 Å². The van der Waals surface area contributed by atoms with Crippen molar-refractivity contribution in [1.29, 1.82) is 0 Å². The first-order chi connectivity index (χ1) is 60.4. The van der Waals surface area contributed by atoms with Crippen molar-refractivity contribution in [2.45, 2.75) is 240 Å². The van der Waals surface area contributed by atoms with Gasteiger partial charge in [0, 0.05) is 50.7 Å². The molecule has 0 radical (unpaired) electrons. The van der Waals surface area contributed by atoms with Gasteiger partial charge in [-0.25, -0.2) is 9.59 Å². The molecular weight excluding hydrogens is 1740 g/mol. The van der Waals surface area contributed by atoms with Gasteiger partial charge in [-0.3, -0.25) is 0 Å². The van der Waals surface area contributed by atoms with E-state index in [-0.39, 0.29) is 84.3 Å². The molecule has 6 atom stereocenters. The van der Waals surface area contributed by atoms with Crippen molar-refractivity contribution < 1.29 is 136 Å². The lowest BCUT2D eigenvalue weighted by Gasteiger charge is -2.63. The lowest BCUT2D eigenvalue weighted by Crippen LogP contribution is -3.11. The molecule has 10 aliphatic rings. The molecule has 2 spiro atoms. The van der Waals surface area contributed by atoms with Gasteiger partial charge in [-0.15, -0.1) is 0 Å². The average molecular weight is 1860 g/mol. The summed E-state index contributed by atoms with van der Waals surface area (Å²) in [6.07, 6.45) is 2.42. The third kappa shape index (κ3) is 24.5. The topological polar surface area (TPSA) is 149 Å². The van der Waals surface area contributed by atoms with Crippen LogP contribution in [0.1, 0.15) is 138 Å². The zero-order valence-electron chi connectivity index (χ0n) is 73.2. The second-order valence-corrected chi connectivity index (χ2v) is 37.8. The SMILES string of the molecule is CC(F)(F)C(=O)OC12CC3CC(C1)C1(OCC(F)(F)C(F)(F)CO1)C(C3)C2.CC(F)(F)C(=O)OC12CC3CC(C1)C1(OCC(F)(F)C(F)(F)CO1)C(C3)C2.CCOC(C)Oc1ccc(COc2ccc([S+](c3ccccc3)c3ccccc3)cc2)cc1.CCOC(C)Oc1ccc(COc2ccc([S+](c3ccccc3)c3ccccc3)cc2)cc1.CC[NH+](CC)CC.[Cl-]. The summed E-state index contributed by atoms with van der Waals surface area (Å²) in [5, 5.41) is 0. The zero-order chi connectivity index (χ0) is 91.2. The Balaban J connectivity index is 0.000000161. The predicted octanol–water partition coefficient (Wildman–Crippen LogP) is 18.7. The van der Waals surface area contributed by atoms with Gasteiger partial charge in [-0.1, -0.05) is 97.1 Å². The van der Waals surface area contributed by atoms with E-state index in [2.05, 4.69) is 191 Å². The smallest absolute Gasteiger partial charge is 0.377 e. The summed E-state index contributed by atoms with van der Waals surface area (Å²) in [7, 11) is -0.304. The summed E-state index contributed by atoms with van der Waals surface area (Å²) in [5.74, 6) is -30.3. The van der Waals surface area contributed by atoms with Crippen LogP contribution in [0.3, 0.4) is 0 Å². The van der Waals surface area contributed by atoms with Gasteiger partial charge in [0.15, 0.2) is 53.5 Å². The molecule has 128 heavy (non-hydrogen) atoms. The molecule has 10 fully saturated rings. The molecule has 15 nitrogen and oxygen atoms in total. The van der Waals surface area contributed by atoms with Gasteiger partial charge >= 0.3 is 47.5 Å². The van der Waals surface area contributed by atoms with Crippen molar-refractivity contribution in [3.8, 4) is 23.0 Å². The van der Waals surface area contributed by atoms with E-state index in [4.69, 9.17) is 56.8 Å². The van der Waals surface area contributed by atoms with E-state index in [0.717, 1.165) is 34.1 Å². The number of carbonyl (C=O) groups is 2. The number of halogens is 13. The normalized spacial score (nSPS) is 24.1. The van der Waals surface area contributed by atoms with Crippen LogP contribution >= 0.6 is 0 Å². The quantitative estimate of drug-likeness (QED) is 0.0225. The molecule has 1 N–H and O–H groups in total. The number of hydrogen-bond acceptors (Lipinski definition) is 14. The van der Waals surface area contributed by atoms with E-state index in [1.165, 1.54) is 49.0 Å². The highest BCUT2D eigenvalue weighted by Gasteiger charge is 2.72. The van der Waals surface area contributed by atoms with E-state index in [1.807, 2.05) is 76.2 Å². The molecule has 8 aliphatic carbocycles. The van der Waals surface area contributed by atoms with Crippen LogP contribution in [-0.4, -0.2) is 142 Å². The number of esters is 2. The maximum absolute atomic E-state index is 13.7. The summed E-state index contributed by atoms with van der Waals surface area (Å²) in [4.78, 5) is 32.9. The van der Waals surface area contributed by atoms with Crippen molar-refractivity contribution in [1.82, 2.24) is 0 Å². The zero-order valence-corrected chi connectivity index (χ0v) is 75.6. The minimum absolute atomic E-state index is 0. The number of ether oxygens (including phenoxy) is 12. The Morgan fingerprint density at radius 1 is 0.383 bits per heavy atom. The number of carbonyl (C=O) groups excluding carboxylic acids is 2. The van der Waals surface area contributed by atoms with E-state index in [1.54, 1.807) is 4.90 Å². The predicted molar refractivity (Wildman–Crippen MR) is 456 cm³/mol. The number of quaternary nitrogens is 1. The van der Waals surface area contributed by atoms with Crippen molar-refractivity contribution >= 4 is 33.7 Å². The monoisotopic (exact) mass is 1860 g/mol. The largest absolute Gasteiger partial charge is 1.00 e. The highest BCUT2D eigenvalue weighted by atomic mass is 35.5. The molecule has 0 amide bonds. The lowest BCUT2D eigenvalue weighted by molar-refractivity contribution is -0.894. The average Bonchev–Trinajstić information content (AvgIpc) is 1.17. The Labute approximate surface area is 753 Å². The van der Waals surface area contributed by atoms with Crippen molar-refractivity contribution in [2.24, 2.45) is 35.5 Å².